The molecule has 0 N–H and O–H groups in total. The van der Waals surface area contributed by atoms with Crippen LogP contribution in [-0.4, -0.2) is 33.0 Å². The third-order valence-electron chi connectivity index (χ3n) is 1.82. The highest BCUT2D eigenvalue weighted by Crippen LogP contribution is 2.07. The zero-order valence-electron chi connectivity index (χ0n) is 9.15. The zero-order chi connectivity index (χ0) is 10.8. The van der Waals surface area contributed by atoms with Crippen molar-refractivity contribution in [3.8, 4) is 5.75 Å². The lowest BCUT2D eigenvalue weighted by Gasteiger charge is -2.06. The first-order chi connectivity index (χ1) is 7.43. The van der Waals surface area contributed by atoms with Crippen molar-refractivity contribution in [1.29, 1.82) is 0 Å². The van der Waals surface area contributed by atoms with Crippen molar-refractivity contribution < 1.29 is 14.2 Å². The molecule has 0 aromatic heterocycles. The first kappa shape index (κ1) is 12.0. The van der Waals surface area contributed by atoms with Crippen molar-refractivity contribution in [2.24, 2.45) is 0 Å². The summed E-state index contributed by atoms with van der Waals surface area (Å²) in [5.41, 5.74) is 0. The average Bonchev–Trinajstić information content (AvgIpc) is 2.29. The van der Waals surface area contributed by atoms with Gasteiger partial charge in [0.2, 0.25) is 0 Å². The van der Waals surface area contributed by atoms with Crippen molar-refractivity contribution in [1.82, 2.24) is 0 Å². The van der Waals surface area contributed by atoms with Gasteiger partial charge in [0.05, 0.1) is 19.8 Å². The molecule has 0 saturated heterocycles. The van der Waals surface area contributed by atoms with E-state index >= 15 is 0 Å². The predicted molar refractivity (Wildman–Crippen MR) is 59.2 cm³/mol. The van der Waals surface area contributed by atoms with Gasteiger partial charge < -0.3 is 14.2 Å². The van der Waals surface area contributed by atoms with Crippen LogP contribution < -0.4 is 4.74 Å². The fourth-order valence-corrected chi connectivity index (χ4v) is 1.10. The first-order valence-electron chi connectivity index (χ1n) is 5.27. The standard InChI is InChI=1S/C12H18O3/c1-2-13-8-9-14-10-11-15-12-6-4-3-5-7-12/h3-7H,2,8-11H2,1H3. The molecule has 0 bridgehead atoms. The van der Waals surface area contributed by atoms with Gasteiger partial charge in [-0.2, -0.15) is 0 Å². The van der Waals surface area contributed by atoms with Crippen LogP contribution in [-0.2, 0) is 9.47 Å². The molecule has 1 aromatic rings. The Bertz CT molecular complexity index is 236. The molecule has 0 aliphatic heterocycles. The quantitative estimate of drug-likeness (QED) is 0.615. The smallest absolute Gasteiger partial charge is 0.119 e. The molecular formula is C12H18O3. The van der Waals surface area contributed by atoms with Crippen molar-refractivity contribution >= 4 is 0 Å². The van der Waals surface area contributed by atoms with Crippen molar-refractivity contribution in [3.63, 3.8) is 0 Å². The number of para-hydroxylation sites is 1. The maximum absolute atomic E-state index is 5.45. The van der Waals surface area contributed by atoms with E-state index in [0.29, 0.717) is 26.4 Å². The summed E-state index contributed by atoms with van der Waals surface area (Å²) >= 11 is 0. The van der Waals surface area contributed by atoms with Gasteiger partial charge in [-0.05, 0) is 19.1 Å². The summed E-state index contributed by atoms with van der Waals surface area (Å²) in [5, 5.41) is 0. The minimum atomic E-state index is 0.580. The van der Waals surface area contributed by atoms with Crippen LogP contribution in [0.5, 0.6) is 5.75 Å². The van der Waals surface area contributed by atoms with Gasteiger partial charge in [-0.3, -0.25) is 0 Å². The van der Waals surface area contributed by atoms with E-state index in [1.165, 1.54) is 0 Å². The van der Waals surface area contributed by atoms with Crippen LogP contribution in [0.2, 0.25) is 0 Å². The van der Waals surface area contributed by atoms with Crippen LogP contribution in [0.25, 0.3) is 0 Å². The Morgan fingerprint density at radius 1 is 0.867 bits per heavy atom. The summed E-state index contributed by atoms with van der Waals surface area (Å²) in [7, 11) is 0. The fourth-order valence-electron chi connectivity index (χ4n) is 1.10. The van der Waals surface area contributed by atoms with E-state index in [1.54, 1.807) is 0 Å². The van der Waals surface area contributed by atoms with E-state index in [2.05, 4.69) is 0 Å². The third-order valence-corrected chi connectivity index (χ3v) is 1.82. The molecule has 0 spiro atoms. The van der Waals surface area contributed by atoms with Crippen LogP contribution in [0.15, 0.2) is 30.3 Å². The Morgan fingerprint density at radius 2 is 1.53 bits per heavy atom. The van der Waals surface area contributed by atoms with Crippen LogP contribution >= 0.6 is 0 Å². The van der Waals surface area contributed by atoms with E-state index in [4.69, 9.17) is 14.2 Å². The largest absolute Gasteiger partial charge is 0.491 e. The van der Waals surface area contributed by atoms with Gasteiger partial charge in [-0.25, -0.2) is 0 Å². The zero-order valence-corrected chi connectivity index (χ0v) is 9.15. The molecule has 0 heterocycles. The van der Waals surface area contributed by atoms with E-state index in [1.807, 2.05) is 37.3 Å². The summed E-state index contributed by atoms with van der Waals surface area (Å²) in [6.45, 7) is 5.17. The highest BCUT2D eigenvalue weighted by atomic mass is 16.5. The molecule has 84 valence electrons. The normalized spacial score (nSPS) is 10.2. The molecule has 0 radical (unpaired) electrons. The summed E-state index contributed by atoms with van der Waals surface area (Å²) in [4.78, 5) is 0. The maximum atomic E-state index is 5.45. The topological polar surface area (TPSA) is 27.7 Å². The molecular weight excluding hydrogens is 192 g/mol. The minimum Gasteiger partial charge on any atom is -0.491 e. The monoisotopic (exact) mass is 210 g/mol. The summed E-state index contributed by atoms with van der Waals surface area (Å²) < 4.78 is 15.9. The van der Waals surface area contributed by atoms with Crippen LogP contribution in [0.1, 0.15) is 6.92 Å². The molecule has 0 aliphatic rings. The molecule has 3 nitrogen and oxygen atoms in total. The van der Waals surface area contributed by atoms with Gasteiger partial charge in [0.1, 0.15) is 12.4 Å². The van der Waals surface area contributed by atoms with Gasteiger partial charge in [0.15, 0.2) is 0 Å². The van der Waals surface area contributed by atoms with E-state index in [9.17, 15) is 0 Å². The Labute approximate surface area is 91.0 Å². The summed E-state index contributed by atoms with van der Waals surface area (Å²) in [6, 6.07) is 9.72. The predicted octanol–water partition coefficient (Wildman–Crippen LogP) is 2.12. The van der Waals surface area contributed by atoms with E-state index in [0.717, 1.165) is 12.4 Å². The lowest BCUT2D eigenvalue weighted by Crippen LogP contribution is -2.10. The Morgan fingerprint density at radius 3 is 2.27 bits per heavy atom. The summed E-state index contributed by atoms with van der Waals surface area (Å²) in [6.07, 6.45) is 0. The van der Waals surface area contributed by atoms with Gasteiger partial charge in [0, 0.05) is 6.61 Å². The lowest BCUT2D eigenvalue weighted by molar-refractivity contribution is 0.0405. The van der Waals surface area contributed by atoms with Crippen molar-refractivity contribution in [2.45, 2.75) is 6.92 Å². The van der Waals surface area contributed by atoms with Crippen molar-refractivity contribution in [3.05, 3.63) is 30.3 Å². The van der Waals surface area contributed by atoms with Gasteiger partial charge in [-0.1, -0.05) is 18.2 Å². The molecule has 0 atom stereocenters. The average molecular weight is 210 g/mol. The summed E-state index contributed by atoms with van der Waals surface area (Å²) in [5.74, 6) is 0.880. The number of hydrogen-bond acceptors (Lipinski definition) is 3. The fraction of sp³-hybridized carbons (Fsp3) is 0.500. The van der Waals surface area contributed by atoms with Crippen LogP contribution in [0.4, 0.5) is 0 Å². The number of benzene rings is 1. The molecule has 0 saturated carbocycles. The van der Waals surface area contributed by atoms with Gasteiger partial charge >= 0.3 is 0 Å². The second-order valence-corrected chi connectivity index (χ2v) is 2.97. The number of rotatable bonds is 8. The van der Waals surface area contributed by atoms with Crippen molar-refractivity contribution in [2.75, 3.05) is 33.0 Å². The van der Waals surface area contributed by atoms with Gasteiger partial charge in [-0.15, -0.1) is 0 Å². The number of hydrogen-bond donors (Lipinski definition) is 0. The lowest BCUT2D eigenvalue weighted by atomic mass is 10.3. The molecule has 15 heavy (non-hydrogen) atoms. The van der Waals surface area contributed by atoms with E-state index < -0.39 is 0 Å². The first-order valence-corrected chi connectivity index (χ1v) is 5.27. The molecule has 0 unspecified atom stereocenters. The third kappa shape index (κ3) is 6.10. The Balaban J connectivity index is 1.93. The minimum absolute atomic E-state index is 0.580. The molecule has 1 aromatic carbocycles. The van der Waals surface area contributed by atoms with Gasteiger partial charge in [0.25, 0.3) is 0 Å². The SMILES string of the molecule is CCOCCOCCOc1ccccc1. The highest BCUT2D eigenvalue weighted by Gasteiger charge is 1.91. The molecule has 0 aliphatic carbocycles. The maximum Gasteiger partial charge on any atom is 0.119 e. The van der Waals surface area contributed by atoms with E-state index in [-0.39, 0.29) is 0 Å². The Kier molecular flexibility index (Phi) is 6.62. The molecule has 0 fully saturated rings. The Hall–Kier alpha value is -1.06. The van der Waals surface area contributed by atoms with Crippen LogP contribution in [0, 0.1) is 0 Å². The van der Waals surface area contributed by atoms with Crippen LogP contribution in [0.3, 0.4) is 0 Å². The molecule has 0 amide bonds. The second kappa shape index (κ2) is 8.26. The molecule has 3 heteroatoms. The molecule has 1 rings (SSSR count). The highest BCUT2D eigenvalue weighted by molar-refractivity contribution is 5.20. The second-order valence-electron chi connectivity index (χ2n) is 2.97. The number of ether oxygens (including phenoxy) is 3.